The minimum atomic E-state index is -4.08. The molecular weight excluding hydrogens is 440 g/mol. The Morgan fingerprint density at radius 3 is 2.07 bits per heavy atom. The highest BCUT2D eigenvalue weighted by molar-refractivity contribution is 6.75. The summed E-state index contributed by atoms with van der Waals surface area (Å²) >= 11 is 0. The van der Waals surface area contributed by atoms with Crippen LogP contribution in [0.5, 0.6) is 0 Å². The van der Waals surface area contributed by atoms with Gasteiger partial charge in [0.15, 0.2) is 9.76 Å². The molecule has 0 spiro atoms. The topological polar surface area (TPSA) is 103 Å². The molecule has 2 fully saturated rings. The van der Waals surface area contributed by atoms with E-state index in [1.165, 1.54) is 0 Å². The van der Waals surface area contributed by atoms with Crippen LogP contribution in [0.1, 0.15) is 47.5 Å². The van der Waals surface area contributed by atoms with Gasteiger partial charge in [-0.1, -0.05) is 6.55 Å². The molecule has 0 radical (unpaired) electrons. The first-order valence-corrected chi connectivity index (χ1v) is 16.9. The lowest BCUT2D eigenvalue weighted by molar-refractivity contribution is -0.125. The van der Waals surface area contributed by atoms with Crippen LogP contribution in [-0.4, -0.2) is 79.8 Å². The van der Waals surface area contributed by atoms with Crippen LogP contribution in [0.4, 0.5) is 0 Å². The molecule has 166 valence electrons. The summed E-state index contributed by atoms with van der Waals surface area (Å²) in [4.78, 5) is 11.0. The molecule has 14 heteroatoms. The van der Waals surface area contributed by atoms with E-state index < -0.39 is 36.9 Å². The van der Waals surface area contributed by atoms with Crippen molar-refractivity contribution in [2.75, 3.05) is 19.8 Å². The Morgan fingerprint density at radius 2 is 1.50 bits per heavy atom. The smallest absolute Gasteiger partial charge is 0.400 e. The number of rotatable bonds is 8. The summed E-state index contributed by atoms with van der Waals surface area (Å²) in [6.45, 7) is 11.9. The van der Waals surface area contributed by atoms with Crippen molar-refractivity contribution in [1.82, 2.24) is 0 Å². The molecule has 2 rings (SSSR count). The lowest BCUT2D eigenvalue weighted by Crippen LogP contribution is -2.70. The zero-order valence-electron chi connectivity index (χ0n) is 17.6. The largest absolute Gasteiger partial charge is 0.671 e. The third-order valence-electron chi connectivity index (χ3n) is 3.99. The van der Waals surface area contributed by atoms with E-state index in [1.807, 2.05) is 27.3 Å². The third kappa shape index (κ3) is 6.48. The first kappa shape index (κ1) is 24.7. The second-order valence-corrected chi connectivity index (χ2v) is 14.5. The van der Waals surface area contributed by atoms with Crippen LogP contribution in [-0.2, 0) is 38.9 Å². The molecule has 0 aromatic rings. The quantitative estimate of drug-likeness (QED) is 0.502. The molecule has 2 heterocycles. The van der Waals surface area contributed by atoms with E-state index in [0.717, 1.165) is 0 Å². The maximum atomic E-state index is 11.0. The number of fused-ring (bicyclic) bond motifs is 2. The van der Waals surface area contributed by atoms with E-state index in [2.05, 4.69) is 0 Å². The summed E-state index contributed by atoms with van der Waals surface area (Å²) in [6, 6.07) is 0. The van der Waals surface area contributed by atoms with Gasteiger partial charge in [0, 0.05) is 19.8 Å². The van der Waals surface area contributed by atoms with Crippen molar-refractivity contribution in [3.8, 4) is 0 Å². The van der Waals surface area contributed by atoms with Crippen LogP contribution >= 0.6 is 0 Å². The van der Waals surface area contributed by atoms with Gasteiger partial charge in [0.05, 0.1) is 18.3 Å². The van der Waals surface area contributed by atoms with Crippen LogP contribution < -0.4 is 0 Å². The Balaban J connectivity index is 2.46. The van der Waals surface area contributed by atoms with Crippen molar-refractivity contribution >= 4 is 36.9 Å². The van der Waals surface area contributed by atoms with Crippen LogP contribution in [0.25, 0.3) is 0 Å². The molecule has 1 N–H and O–H groups in total. The summed E-state index contributed by atoms with van der Waals surface area (Å²) in [5.74, 6) is 0. The Bertz CT molecular complexity index is 485. The molecule has 0 saturated carbocycles. The number of hydrogen-bond donors (Lipinski definition) is 1. The van der Waals surface area contributed by atoms with Crippen LogP contribution in [0, 0.1) is 0 Å². The van der Waals surface area contributed by atoms with Gasteiger partial charge in [-0.3, -0.25) is 0 Å². The first-order valence-electron chi connectivity index (χ1n) is 9.95. The second kappa shape index (κ2) is 10.7. The SMILES string of the molecule is CCO[Si]1(O)OC(C)CC2CC(C)O[Si](OCC)(O[SiH2]C)O[Si](OCC)(O2)O1. The fourth-order valence-electron chi connectivity index (χ4n) is 3.20. The molecule has 2 aliphatic heterocycles. The highest BCUT2D eigenvalue weighted by Gasteiger charge is 2.67. The maximum Gasteiger partial charge on any atom is 0.671 e. The monoisotopic (exact) mass is 474 g/mol. The average molecular weight is 475 g/mol. The molecule has 10 nitrogen and oxygen atoms in total. The first-order chi connectivity index (χ1) is 13.2. The molecule has 2 saturated heterocycles. The average Bonchev–Trinajstić information content (AvgIpc) is 2.52. The van der Waals surface area contributed by atoms with Gasteiger partial charge in [-0.15, -0.1) is 0 Å². The number of hydrogen-bond acceptors (Lipinski definition) is 10. The van der Waals surface area contributed by atoms with Gasteiger partial charge >= 0.3 is 27.1 Å². The van der Waals surface area contributed by atoms with Crippen molar-refractivity contribution in [3.05, 3.63) is 0 Å². The highest BCUT2D eigenvalue weighted by atomic mass is 28.5. The molecule has 2 bridgehead atoms. The zero-order chi connectivity index (χ0) is 20.8. The van der Waals surface area contributed by atoms with Gasteiger partial charge in [0.2, 0.25) is 0 Å². The Hall–Kier alpha value is 0.468. The summed E-state index contributed by atoms with van der Waals surface area (Å²) in [7, 11) is -12.6. The Labute approximate surface area is 173 Å². The zero-order valence-corrected chi connectivity index (χ0v) is 22.0. The summed E-state index contributed by atoms with van der Waals surface area (Å²) in [6.07, 6.45) is 0.231. The molecular formula is C14H34O10Si4. The van der Waals surface area contributed by atoms with Crippen LogP contribution in [0.15, 0.2) is 0 Å². The summed E-state index contributed by atoms with van der Waals surface area (Å²) in [5.41, 5.74) is 0. The van der Waals surface area contributed by atoms with Gasteiger partial charge in [0.25, 0.3) is 0 Å². The standard InChI is InChI=1S/C14H34O10Si4/c1-7-16-26(15)19-12(4)10-14-11-13(5)20-27(17-8-2,22-25-6)24-28(21-14,23-26)18-9-3/h12-15H,7-11,25H2,1-6H3. The molecule has 0 aliphatic carbocycles. The van der Waals surface area contributed by atoms with E-state index >= 15 is 0 Å². The lowest BCUT2D eigenvalue weighted by atomic mass is 10.1. The van der Waals surface area contributed by atoms with Crippen LogP contribution in [0.3, 0.4) is 0 Å². The van der Waals surface area contributed by atoms with Crippen molar-refractivity contribution < 1.29 is 43.7 Å². The van der Waals surface area contributed by atoms with Crippen molar-refractivity contribution in [2.45, 2.75) is 72.3 Å². The second-order valence-electron chi connectivity index (χ2n) is 6.53. The van der Waals surface area contributed by atoms with E-state index in [9.17, 15) is 4.80 Å². The van der Waals surface area contributed by atoms with Crippen LogP contribution in [0.2, 0.25) is 6.55 Å². The van der Waals surface area contributed by atoms with Gasteiger partial charge in [-0.25, -0.2) is 0 Å². The Morgan fingerprint density at radius 1 is 0.893 bits per heavy atom. The van der Waals surface area contributed by atoms with Crippen molar-refractivity contribution in [1.29, 1.82) is 0 Å². The van der Waals surface area contributed by atoms with E-state index in [0.29, 0.717) is 19.4 Å². The molecule has 6 unspecified atom stereocenters. The molecule has 28 heavy (non-hydrogen) atoms. The fourth-order valence-corrected chi connectivity index (χ4v) is 13.8. The summed E-state index contributed by atoms with van der Waals surface area (Å²) in [5, 5.41) is 0. The third-order valence-corrected chi connectivity index (χ3v) is 14.5. The van der Waals surface area contributed by atoms with E-state index in [1.54, 1.807) is 13.8 Å². The molecule has 2 aliphatic rings. The minimum Gasteiger partial charge on any atom is -0.400 e. The molecule has 6 atom stereocenters. The van der Waals surface area contributed by atoms with Crippen molar-refractivity contribution in [3.63, 3.8) is 0 Å². The normalized spacial score (nSPS) is 42.8. The lowest BCUT2D eigenvalue weighted by Gasteiger charge is -2.45. The van der Waals surface area contributed by atoms with Gasteiger partial charge in [0.1, 0.15) is 0 Å². The fraction of sp³-hybridized carbons (Fsp3) is 1.00. The van der Waals surface area contributed by atoms with E-state index in [4.69, 9.17) is 38.9 Å². The molecule has 0 aromatic heterocycles. The highest BCUT2D eigenvalue weighted by Crippen LogP contribution is 2.34. The molecule has 0 amide bonds. The van der Waals surface area contributed by atoms with Gasteiger partial charge in [-0.05, 0) is 47.5 Å². The van der Waals surface area contributed by atoms with E-state index in [-0.39, 0.29) is 31.5 Å². The predicted octanol–water partition coefficient (Wildman–Crippen LogP) is 0.580. The predicted molar refractivity (Wildman–Crippen MR) is 107 cm³/mol. The van der Waals surface area contributed by atoms with Gasteiger partial charge < -0.3 is 43.7 Å². The minimum absolute atomic E-state index is 0.204. The van der Waals surface area contributed by atoms with Crippen molar-refractivity contribution in [2.24, 2.45) is 0 Å². The maximum absolute atomic E-state index is 11.0. The van der Waals surface area contributed by atoms with Gasteiger partial charge in [-0.2, -0.15) is 0 Å². The summed E-state index contributed by atoms with van der Waals surface area (Å²) < 4.78 is 53.6. The Kier molecular flexibility index (Phi) is 9.42. The molecule has 0 aromatic carbocycles.